The van der Waals surface area contributed by atoms with Gasteiger partial charge in [-0.3, -0.25) is 4.98 Å². The number of hydrogen-bond acceptors (Lipinski definition) is 4. The first-order chi connectivity index (χ1) is 7.72. The average Bonchev–Trinajstić information content (AvgIpc) is 2.63. The van der Waals surface area contributed by atoms with Gasteiger partial charge in [-0.05, 0) is 18.1 Å². The van der Waals surface area contributed by atoms with Crippen LogP contribution in [0, 0.1) is 0 Å². The van der Waals surface area contributed by atoms with Gasteiger partial charge in [-0.1, -0.05) is 23.7 Å². The van der Waals surface area contributed by atoms with Crippen molar-refractivity contribution in [3.8, 4) is 0 Å². The van der Waals surface area contributed by atoms with Gasteiger partial charge in [0.15, 0.2) is 5.82 Å². The fourth-order valence-corrected chi connectivity index (χ4v) is 1.71. The molecule has 6 heteroatoms. The second-order valence-corrected chi connectivity index (χ2v) is 3.81. The summed E-state index contributed by atoms with van der Waals surface area (Å²) in [4.78, 5) is 3.93. The van der Waals surface area contributed by atoms with Crippen LogP contribution in [0.15, 0.2) is 18.5 Å². The van der Waals surface area contributed by atoms with Gasteiger partial charge in [-0.25, -0.2) is 4.68 Å². The van der Waals surface area contributed by atoms with Gasteiger partial charge in [-0.15, -0.1) is 5.10 Å². The van der Waals surface area contributed by atoms with Crippen LogP contribution in [0.2, 0.25) is 5.02 Å². The van der Waals surface area contributed by atoms with Crippen LogP contribution in [-0.4, -0.2) is 20.0 Å². The van der Waals surface area contributed by atoms with Crippen molar-refractivity contribution in [1.82, 2.24) is 20.0 Å². The predicted molar refractivity (Wildman–Crippen MR) is 62.2 cm³/mol. The molecule has 0 radical (unpaired) electrons. The van der Waals surface area contributed by atoms with Crippen molar-refractivity contribution >= 4 is 17.4 Å². The van der Waals surface area contributed by atoms with Crippen molar-refractivity contribution < 1.29 is 0 Å². The Bertz CT molecular complexity index is 494. The molecule has 0 unspecified atom stereocenters. The third kappa shape index (κ3) is 1.99. The molecule has 2 rings (SSSR count). The summed E-state index contributed by atoms with van der Waals surface area (Å²) in [5.74, 6) is 0.479. The van der Waals surface area contributed by atoms with Crippen molar-refractivity contribution in [1.29, 1.82) is 0 Å². The number of rotatable bonds is 3. The fraction of sp³-hybridized carbons (Fsp3) is 0.300. The summed E-state index contributed by atoms with van der Waals surface area (Å²) in [6.45, 7) is 2.58. The standard InChI is InChI=1S/C10H12ClN5/c1-2-9-10(12)14-15-16(9)6-7-3-4-13-5-8(7)11/h3-5H,2,6,12H2,1H3. The minimum absolute atomic E-state index is 0.479. The van der Waals surface area contributed by atoms with Gasteiger partial charge in [0.2, 0.25) is 0 Å². The van der Waals surface area contributed by atoms with Crippen LogP contribution in [0.4, 0.5) is 5.82 Å². The summed E-state index contributed by atoms with van der Waals surface area (Å²) in [7, 11) is 0. The highest BCUT2D eigenvalue weighted by atomic mass is 35.5. The molecule has 0 amide bonds. The molecule has 0 atom stereocenters. The second kappa shape index (κ2) is 4.49. The van der Waals surface area contributed by atoms with Crippen LogP contribution >= 0.6 is 11.6 Å². The summed E-state index contributed by atoms with van der Waals surface area (Å²) in [6.07, 6.45) is 4.11. The van der Waals surface area contributed by atoms with E-state index in [0.717, 1.165) is 17.7 Å². The van der Waals surface area contributed by atoms with E-state index in [2.05, 4.69) is 15.3 Å². The minimum atomic E-state index is 0.479. The molecule has 5 nitrogen and oxygen atoms in total. The fourth-order valence-electron chi connectivity index (χ4n) is 1.53. The van der Waals surface area contributed by atoms with E-state index in [1.807, 2.05) is 13.0 Å². The first-order valence-corrected chi connectivity index (χ1v) is 5.36. The van der Waals surface area contributed by atoms with Crippen LogP contribution in [0.5, 0.6) is 0 Å². The smallest absolute Gasteiger partial charge is 0.169 e. The molecule has 0 aliphatic carbocycles. The summed E-state index contributed by atoms with van der Waals surface area (Å²) in [6, 6.07) is 1.86. The molecule has 0 aliphatic rings. The third-order valence-corrected chi connectivity index (χ3v) is 2.72. The van der Waals surface area contributed by atoms with E-state index >= 15 is 0 Å². The number of anilines is 1. The maximum atomic E-state index is 6.02. The van der Waals surface area contributed by atoms with Crippen molar-refractivity contribution in [3.05, 3.63) is 34.7 Å². The van der Waals surface area contributed by atoms with Crippen molar-refractivity contribution in [2.75, 3.05) is 5.73 Å². The molecule has 2 aromatic rings. The van der Waals surface area contributed by atoms with E-state index in [0.29, 0.717) is 17.4 Å². The Morgan fingerprint density at radius 2 is 2.31 bits per heavy atom. The topological polar surface area (TPSA) is 69.6 Å². The van der Waals surface area contributed by atoms with Gasteiger partial charge < -0.3 is 5.73 Å². The van der Waals surface area contributed by atoms with Crippen LogP contribution in [0.1, 0.15) is 18.2 Å². The lowest BCUT2D eigenvalue weighted by atomic mass is 10.2. The Morgan fingerprint density at radius 1 is 1.50 bits per heavy atom. The Morgan fingerprint density at radius 3 is 3.00 bits per heavy atom. The molecule has 0 aromatic carbocycles. The van der Waals surface area contributed by atoms with Crippen LogP contribution in [0.3, 0.4) is 0 Å². The molecule has 16 heavy (non-hydrogen) atoms. The van der Waals surface area contributed by atoms with Gasteiger partial charge >= 0.3 is 0 Å². The highest BCUT2D eigenvalue weighted by Gasteiger charge is 2.09. The van der Waals surface area contributed by atoms with E-state index in [9.17, 15) is 0 Å². The maximum absolute atomic E-state index is 6.02. The molecule has 0 fully saturated rings. The van der Waals surface area contributed by atoms with E-state index in [4.69, 9.17) is 17.3 Å². The first kappa shape index (κ1) is 10.9. The van der Waals surface area contributed by atoms with Gasteiger partial charge in [0.05, 0.1) is 17.3 Å². The summed E-state index contributed by atoms with van der Waals surface area (Å²) in [5, 5.41) is 8.45. The predicted octanol–water partition coefficient (Wildman–Crippen LogP) is 1.52. The molecule has 2 heterocycles. The first-order valence-electron chi connectivity index (χ1n) is 4.98. The molecule has 2 aromatic heterocycles. The molecule has 2 N–H and O–H groups in total. The van der Waals surface area contributed by atoms with Crippen LogP contribution < -0.4 is 5.73 Å². The third-order valence-electron chi connectivity index (χ3n) is 2.38. The molecular weight excluding hydrogens is 226 g/mol. The maximum Gasteiger partial charge on any atom is 0.169 e. The largest absolute Gasteiger partial charge is 0.381 e. The Balaban J connectivity index is 2.31. The monoisotopic (exact) mass is 237 g/mol. The summed E-state index contributed by atoms with van der Waals surface area (Å²) >= 11 is 6.02. The molecule has 0 saturated heterocycles. The number of nitrogens with two attached hydrogens (primary N) is 1. The van der Waals surface area contributed by atoms with Crippen LogP contribution in [-0.2, 0) is 13.0 Å². The Labute approximate surface area is 98.2 Å². The zero-order valence-electron chi connectivity index (χ0n) is 8.89. The molecular formula is C10H12ClN5. The average molecular weight is 238 g/mol. The van der Waals surface area contributed by atoms with E-state index < -0.39 is 0 Å². The number of pyridine rings is 1. The highest BCUT2D eigenvalue weighted by Crippen LogP contribution is 2.16. The Hall–Kier alpha value is -1.62. The van der Waals surface area contributed by atoms with Gasteiger partial charge in [0.1, 0.15) is 0 Å². The van der Waals surface area contributed by atoms with E-state index in [1.165, 1.54) is 0 Å². The van der Waals surface area contributed by atoms with Gasteiger partial charge in [0, 0.05) is 12.4 Å². The quantitative estimate of drug-likeness (QED) is 0.879. The molecule has 0 spiro atoms. The van der Waals surface area contributed by atoms with Crippen LogP contribution in [0.25, 0.3) is 0 Å². The van der Waals surface area contributed by atoms with E-state index in [1.54, 1.807) is 17.1 Å². The molecule has 0 bridgehead atoms. The molecule has 0 saturated carbocycles. The lowest BCUT2D eigenvalue weighted by Crippen LogP contribution is -2.07. The van der Waals surface area contributed by atoms with E-state index in [-0.39, 0.29) is 0 Å². The molecule has 84 valence electrons. The van der Waals surface area contributed by atoms with Crippen molar-refractivity contribution in [2.24, 2.45) is 0 Å². The number of nitrogen functional groups attached to an aromatic ring is 1. The number of halogens is 1. The lowest BCUT2D eigenvalue weighted by molar-refractivity contribution is 0.621. The number of nitrogens with zero attached hydrogens (tertiary/aromatic N) is 4. The number of aromatic nitrogens is 4. The Kier molecular flexibility index (Phi) is 3.05. The summed E-state index contributed by atoms with van der Waals surface area (Å²) in [5.41, 5.74) is 7.58. The second-order valence-electron chi connectivity index (χ2n) is 3.40. The van der Waals surface area contributed by atoms with Crippen molar-refractivity contribution in [3.63, 3.8) is 0 Å². The lowest BCUT2D eigenvalue weighted by Gasteiger charge is -2.06. The zero-order valence-corrected chi connectivity index (χ0v) is 9.65. The highest BCUT2D eigenvalue weighted by molar-refractivity contribution is 6.31. The minimum Gasteiger partial charge on any atom is -0.381 e. The summed E-state index contributed by atoms with van der Waals surface area (Å²) < 4.78 is 1.76. The SMILES string of the molecule is CCc1c(N)nnn1Cc1ccncc1Cl. The van der Waals surface area contributed by atoms with Gasteiger partial charge in [-0.2, -0.15) is 0 Å². The number of hydrogen-bond donors (Lipinski definition) is 1. The normalized spacial score (nSPS) is 10.6. The zero-order chi connectivity index (χ0) is 11.5. The molecule has 0 aliphatic heterocycles. The van der Waals surface area contributed by atoms with Gasteiger partial charge in [0.25, 0.3) is 0 Å². The van der Waals surface area contributed by atoms with Crippen molar-refractivity contribution in [2.45, 2.75) is 19.9 Å².